The summed E-state index contributed by atoms with van der Waals surface area (Å²) in [6, 6.07) is 0. The Kier molecular flexibility index (Phi) is 11.4. The van der Waals surface area contributed by atoms with Gasteiger partial charge >= 0.3 is 0 Å². The first-order valence-electron chi connectivity index (χ1n) is 11.4. The van der Waals surface area contributed by atoms with Crippen LogP contribution in [0.4, 0.5) is 0 Å². The van der Waals surface area contributed by atoms with Crippen LogP contribution in [0.5, 0.6) is 0 Å². The van der Waals surface area contributed by atoms with Gasteiger partial charge in [0.15, 0.2) is 0 Å². The fraction of sp³-hybridized carbons (Fsp3) is 1.00. The summed E-state index contributed by atoms with van der Waals surface area (Å²) in [5.74, 6) is 5.61. The molecule has 0 amide bonds. The number of hydrogen-bond acceptors (Lipinski definition) is 0. The van der Waals surface area contributed by atoms with Crippen molar-refractivity contribution in [1.29, 1.82) is 0 Å². The van der Waals surface area contributed by atoms with E-state index in [-0.39, 0.29) is 0 Å². The van der Waals surface area contributed by atoms with Crippen LogP contribution < -0.4 is 0 Å². The molecule has 1 aliphatic rings. The molecule has 0 unspecified atom stereocenters. The van der Waals surface area contributed by atoms with Gasteiger partial charge in [-0.25, -0.2) is 0 Å². The highest BCUT2D eigenvalue weighted by Gasteiger charge is 2.14. The van der Waals surface area contributed by atoms with E-state index in [9.17, 15) is 0 Å². The van der Waals surface area contributed by atoms with Crippen LogP contribution in [0.1, 0.15) is 119 Å². The summed E-state index contributed by atoms with van der Waals surface area (Å²) in [6.45, 7) is 14.9. The quantitative estimate of drug-likeness (QED) is 0.416. The summed E-state index contributed by atoms with van der Waals surface area (Å²) in [5.41, 5.74) is 0. The molecule has 0 saturated heterocycles. The van der Waals surface area contributed by atoms with Crippen LogP contribution >= 0.6 is 0 Å². The van der Waals surface area contributed by atoms with Crippen molar-refractivity contribution in [3.05, 3.63) is 0 Å². The lowest BCUT2D eigenvalue weighted by Crippen LogP contribution is -2.08. The van der Waals surface area contributed by atoms with Crippen molar-refractivity contribution in [3.63, 3.8) is 0 Å². The molecule has 0 atom stereocenters. The highest BCUT2D eigenvalue weighted by molar-refractivity contribution is 4.67. The SMILES string of the molecule is CC1CCC(C)CCC(C)CCC(C)CCC(C)CCC(C)CC1. The minimum atomic E-state index is 0.935. The van der Waals surface area contributed by atoms with Gasteiger partial charge in [0.05, 0.1) is 0 Å². The average Bonchev–Trinajstić information content (AvgIpc) is 2.56. The molecule has 0 aromatic carbocycles. The van der Waals surface area contributed by atoms with Gasteiger partial charge in [-0.15, -0.1) is 0 Å². The Hall–Kier alpha value is 0. The van der Waals surface area contributed by atoms with Crippen LogP contribution in [-0.2, 0) is 0 Å². The van der Waals surface area contributed by atoms with E-state index in [2.05, 4.69) is 41.5 Å². The summed E-state index contributed by atoms with van der Waals surface area (Å²) in [4.78, 5) is 0. The normalized spacial score (nSPS) is 39.8. The highest BCUT2D eigenvalue weighted by Crippen LogP contribution is 2.28. The summed E-state index contributed by atoms with van der Waals surface area (Å²) < 4.78 is 0. The van der Waals surface area contributed by atoms with E-state index in [1.165, 1.54) is 77.0 Å². The van der Waals surface area contributed by atoms with Gasteiger partial charge in [-0.1, -0.05) is 119 Å². The Bertz CT molecular complexity index is 193. The predicted molar refractivity (Wildman–Crippen MR) is 110 cm³/mol. The van der Waals surface area contributed by atoms with E-state index >= 15 is 0 Å². The molecule has 1 aliphatic carbocycles. The Morgan fingerprint density at radius 3 is 0.417 bits per heavy atom. The molecule has 0 heterocycles. The molecule has 0 N–H and O–H groups in total. The molecule has 1 saturated carbocycles. The van der Waals surface area contributed by atoms with Crippen LogP contribution in [0, 0.1) is 35.5 Å². The van der Waals surface area contributed by atoms with Crippen molar-refractivity contribution in [1.82, 2.24) is 0 Å². The minimum Gasteiger partial charge on any atom is -0.0625 e. The molecule has 1 fully saturated rings. The van der Waals surface area contributed by atoms with Gasteiger partial charge in [0.25, 0.3) is 0 Å². The fourth-order valence-corrected chi connectivity index (χ4v) is 4.28. The van der Waals surface area contributed by atoms with Gasteiger partial charge in [-0.05, 0) is 35.5 Å². The Balaban J connectivity index is 2.47. The monoisotopic (exact) mass is 336 g/mol. The topological polar surface area (TPSA) is 0 Å². The third-order valence-electron chi connectivity index (χ3n) is 6.91. The average molecular weight is 337 g/mol. The third kappa shape index (κ3) is 10.8. The van der Waals surface area contributed by atoms with Crippen LogP contribution in [0.2, 0.25) is 0 Å². The maximum absolute atomic E-state index is 2.49. The van der Waals surface area contributed by atoms with Crippen molar-refractivity contribution in [2.75, 3.05) is 0 Å². The maximum Gasteiger partial charge on any atom is -0.0443 e. The van der Waals surface area contributed by atoms with Crippen LogP contribution in [0.25, 0.3) is 0 Å². The van der Waals surface area contributed by atoms with Crippen molar-refractivity contribution in [3.8, 4) is 0 Å². The zero-order chi connectivity index (χ0) is 17.9. The van der Waals surface area contributed by atoms with E-state index in [0.29, 0.717) is 0 Å². The fourth-order valence-electron chi connectivity index (χ4n) is 4.28. The Morgan fingerprint density at radius 1 is 0.250 bits per heavy atom. The zero-order valence-corrected chi connectivity index (χ0v) is 17.9. The molecule has 0 radical (unpaired) electrons. The third-order valence-corrected chi connectivity index (χ3v) is 6.91. The molecule has 0 heteroatoms. The lowest BCUT2D eigenvalue weighted by atomic mass is 9.84. The number of rotatable bonds is 0. The van der Waals surface area contributed by atoms with Crippen LogP contribution in [0.3, 0.4) is 0 Å². The van der Waals surface area contributed by atoms with E-state index in [1.807, 2.05) is 0 Å². The Morgan fingerprint density at radius 2 is 0.333 bits per heavy atom. The zero-order valence-electron chi connectivity index (χ0n) is 17.9. The van der Waals surface area contributed by atoms with Gasteiger partial charge in [0.1, 0.15) is 0 Å². The van der Waals surface area contributed by atoms with E-state index < -0.39 is 0 Å². The lowest BCUT2D eigenvalue weighted by molar-refractivity contribution is 0.308. The molecule has 24 heavy (non-hydrogen) atoms. The minimum absolute atomic E-state index is 0.935. The lowest BCUT2D eigenvalue weighted by Gasteiger charge is -2.22. The molecule has 0 aromatic rings. The first-order chi connectivity index (χ1) is 11.4. The molecular formula is C24H48. The molecule has 0 spiro atoms. The smallest absolute Gasteiger partial charge is 0.0443 e. The number of hydrogen-bond donors (Lipinski definition) is 0. The van der Waals surface area contributed by atoms with Crippen LogP contribution in [-0.4, -0.2) is 0 Å². The van der Waals surface area contributed by atoms with E-state index in [4.69, 9.17) is 0 Å². The second-order valence-corrected chi connectivity index (χ2v) is 10.1. The molecule has 0 nitrogen and oxygen atoms in total. The first kappa shape index (κ1) is 22.0. The molecule has 144 valence electrons. The summed E-state index contributed by atoms with van der Waals surface area (Å²) in [6.07, 6.45) is 17.4. The second kappa shape index (κ2) is 12.4. The van der Waals surface area contributed by atoms with Gasteiger partial charge in [0.2, 0.25) is 0 Å². The summed E-state index contributed by atoms with van der Waals surface area (Å²) >= 11 is 0. The van der Waals surface area contributed by atoms with E-state index in [1.54, 1.807) is 0 Å². The summed E-state index contributed by atoms with van der Waals surface area (Å²) in [5, 5.41) is 0. The molecule has 1 rings (SSSR count). The maximum atomic E-state index is 2.49. The van der Waals surface area contributed by atoms with Gasteiger partial charge in [-0.2, -0.15) is 0 Å². The van der Waals surface area contributed by atoms with Crippen molar-refractivity contribution in [2.24, 2.45) is 35.5 Å². The largest absolute Gasteiger partial charge is 0.0625 e. The van der Waals surface area contributed by atoms with Crippen LogP contribution in [0.15, 0.2) is 0 Å². The van der Waals surface area contributed by atoms with Crippen molar-refractivity contribution < 1.29 is 0 Å². The molecular weight excluding hydrogens is 288 g/mol. The van der Waals surface area contributed by atoms with Crippen molar-refractivity contribution >= 4 is 0 Å². The second-order valence-electron chi connectivity index (χ2n) is 10.1. The summed E-state index contributed by atoms with van der Waals surface area (Å²) in [7, 11) is 0. The van der Waals surface area contributed by atoms with E-state index in [0.717, 1.165) is 35.5 Å². The first-order valence-corrected chi connectivity index (χ1v) is 11.4. The molecule has 0 bridgehead atoms. The van der Waals surface area contributed by atoms with Gasteiger partial charge in [0, 0.05) is 0 Å². The molecule has 0 aromatic heterocycles. The standard InChI is InChI=1S/C24H48/c1-19-7-9-20(2)11-13-22(4)15-17-24(6)18-16-23(5)14-12-21(3)10-8-19/h19-24H,7-18H2,1-6H3. The van der Waals surface area contributed by atoms with Gasteiger partial charge < -0.3 is 0 Å². The van der Waals surface area contributed by atoms with Gasteiger partial charge in [-0.3, -0.25) is 0 Å². The highest BCUT2D eigenvalue weighted by atomic mass is 14.2. The Labute approximate surface area is 154 Å². The van der Waals surface area contributed by atoms with Crippen molar-refractivity contribution in [2.45, 2.75) is 119 Å². The predicted octanol–water partition coefficient (Wildman–Crippen LogP) is 8.50. The molecule has 0 aliphatic heterocycles.